The molecule has 1 aliphatic rings. The molecule has 1 heterocycles. The molecule has 0 aromatic heterocycles. The van der Waals surface area contributed by atoms with Crippen LogP contribution in [0.2, 0.25) is 0 Å². The van der Waals surface area contributed by atoms with Gasteiger partial charge in [0.05, 0.1) is 11.5 Å². The number of hydrogen-bond donors (Lipinski definition) is 1. The molecule has 100 valence electrons. The van der Waals surface area contributed by atoms with Crippen molar-refractivity contribution >= 4 is 9.84 Å². The Kier molecular flexibility index (Phi) is 4.40. The highest BCUT2D eigenvalue weighted by atomic mass is 32.2. The van der Waals surface area contributed by atoms with Crippen molar-refractivity contribution in [3.63, 3.8) is 0 Å². The zero-order chi connectivity index (χ0) is 13.0. The van der Waals surface area contributed by atoms with Crippen molar-refractivity contribution < 1.29 is 8.42 Å². The van der Waals surface area contributed by atoms with E-state index in [2.05, 4.69) is 36.5 Å². The lowest BCUT2D eigenvalue weighted by atomic mass is 10.1. The third-order valence-corrected chi connectivity index (χ3v) is 5.36. The number of sulfone groups is 1. The molecule has 0 aliphatic carbocycles. The van der Waals surface area contributed by atoms with Crippen molar-refractivity contribution in [3.05, 3.63) is 35.4 Å². The molecule has 0 saturated carbocycles. The molecule has 0 bridgehead atoms. The summed E-state index contributed by atoms with van der Waals surface area (Å²) in [5.41, 5.74) is 2.61. The molecule has 1 N–H and O–H groups in total. The lowest BCUT2D eigenvalue weighted by molar-refractivity contribution is 0.521. The number of hydrogen-bond acceptors (Lipinski definition) is 3. The van der Waals surface area contributed by atoms with Crippen LogP contribution in [-0.2, 0) is 22.8 Å². The second kappa shape index (κ2) is 5.85. The fourth-order valence-electron chi connectivity index (χ4n) is 2.35. The minimum absolute atomic E-state index is 0.296. The van der Waals surface area contributed by atoms with Gasteiger partial charge in [0, 0.05) is 6.54 Å². The van der Waals surface area contributed by atoms with E-state index in [1.807, 2.05) is 0 Å². The van der Waals surface area contributed by atoms with Gasteiger partial charge >= 0.3 is 0 Å². The lowest BCUT2D eigenvalue weighted by Gasteiger charge is -2.09. The second-order valence-corrected chi connectivity index (χ2v) is 7.30. The highest BCUT2D eigenvalue weighted by Crippen LogP contribution is 2.17. The first kappa shape index (κ1) is 13.6. The summed E-state index contributed by atoms with van der Waals surface area (Å²) in [4.78, 5) is 0. The largest absolute Gasteiger partial charge is 0.312 e. The first-order chi connectivity index (χ1) is 8.59. The average molecular weight is 267 g/mol. The van der Waals surface area contributed by atoms with Gasteiger partial charge in [-0.25, -0.2) is 8.42 Å². The van der Waals surface area contributed by atoms with Gasteiger partial charge in [0.15, 0.2) is 9.84 Å². The molecule has 1 aromatic rings. The average Bonchev–Trinajstić information content (AvgIpc) is 2.70. The fraction of sp³-hybridized carbons (Fsp3) is 0.571. The summed E-state index contributed by atoms with van der Waals surface area (Å²) >= 11 is 0. The molecule has 0 amide bonds. The highest BCUT2D eigenvalue weighted by molar-refractivity contribution is 7.91. The number of nitrogens with one attached hydrogen (secondary N) is 1. The molecule has 1 atom stereocenters. The Morgan fingerprint density at radius 3 is 2.44 bits per heavy atom. The SMILES string of the molecule is CCc1ccc(CNCC2CCS(=O)(=O)C2)cc1. The van der Waals surface area contributed by atoms with Crippen molar-refractivity contribution in [1.29, 1.82) is 0 Å². The minimum atomic E-state index is -2.74. The van der Waals surface area contributed by atoms with Gasteiger partial charge in [-0.15, -0.1) is 0 Å². The Labute approximate surface area is 110 Å². The summed E-state index contributed by atoms with van der Waals surface area (Å²) in [5, 5.41) is 3.35. The van der Waals surface area contributed by atoms with Crippen LogP contribution in [0.5, 0.6) is 0 Å². The number of aryl methyl sites for hydroxylation is 1. The zero-order valence-electron chi connectivity index (χ0n) is 10.9. The van der Waals surface area contributed by atoms with E-state index in [9.17, 15) is 8.42 Å². The number of rotatable bonds is 5. The van der Waals surface area contributed by atoms with Gasteiger partial charge in [0.2, 0.25) is 0 Å². The molecule has 0 spiro atoms. The van der Waals surface area contributed by atoms with E-state index < -0.39 is 9.84 Å². The fourth-order valence-corrected chi connectivity index (χ4v) is 4.21. The van der Waals surface area contributed by atoms with E-state index in [1.165, 1.54) is 11.1 Å². The van der Waals surface area contributed by atoms with E-state index >= 15 is 0 Å². The van der Waals surface area contributed by atoms with Crippen molar-refractivity contribution in [2.45, 2.75) is 26.3 Å². The monoisotopic (exact) mass is 267 g/mol. The van der Waals surface area contributed by atoms with E-state index in [1.54, 1.807) is 0 Å². The van der Waals surface area contributed by atoms with Crippen LogP contribution in [0, 0.1) is 5.92 Å². The molecule has 1 fully saturated rings. The van der Waals surface area contributed by atoms with E-state index in [0.717, 1.165) is 25.9 Å². The van der Waals surface area contributed by atoms with Gasteiger partial charge < -0.3 is 5.32 Å². The molecule has 1 aliphatic heterocycles. The molecular formula is C14H21NO2S. The van der Waals surface area contributed by atoms with Crippen LogP contribution >= 0.6 is 0 Å². The maximum Gasteiger partial charge on any atom is 0.150 e. The van der Waals surface area contributed by atoms with Crippen LogP contribution in [0.4, 0.5) is 0 Å². The van der Waals surface area contributed by atoms with Gasteiger partial charge in [-0.2, -0.15) is 0 Å². The normalized spacial score (nSPS) is 22.2. The van der Waals surface area contributed by atoms with Crippen LogP contribution in [-0.4, -0.2) is 26.5 Å². The first-order valence-electron chi connectivity index (χ1n) is 6.58. The van der Waals surface area contributed by atoms with E-state index in [4.69, 9.17) is 0 Å². The zero-order valence-corrected chi connectivity index (χ0v) is 11.7. The Morgan fingerprint density at radius 1 is 1.22 bits per heavy atom. The molecule has 1 saturated heterocycles. The Bertz CT molecular complexity index is 479. The molecular weight excluding hydrogens is 246 g/mol. The first-order valence-corrected chi connectivity index (χ1v) is 8.40. The van der Waals surface area contributed by atoms with E-state index in [-0.39, 0.29) is 0 Å². The predicted molar refractivity (Wildman–Crippen MR) is 74.3 cm³/mol. The van der Waals surface area contributed by atoms with Crippen molar-refractivity contribution in [1.82, 2.24) is 5.32 Å². The molecule has 18 heavy (non-hydrogen) atoms. The molecule has 3 nitrogen and oxygen atoms in total. The molecule has 0 radical (unpaired) electrons. The minimum Gasteiger partial charge on any atom is -0.312 e. The smallest absolute Gasteiger partial charge is 0.150 e. The van der Waals surface area contributed by atoms with E-state index in [0.29, 0.717) is 17.4 Å². The maximum absolute atomic E-state index is 11.3. The van der Waals surface area contributed by atoms with Crippen LogP contribution in [0.25, 0.3) is 0 Å². The van der Waals surface area contributed by atoms with Gasteiger partial charge in [-0.3, -0.25) is 0 Å². The molecule has 2 rings (SSSR count). The van der Waals surface area contributed by atoms with Crippen molar-refractivity contribution in [3.8, 4) is 0 Å². The van der Waals surface area contributed by atoms with Crippen molar-refractivity contribution in [2.24, 2.45) is 5.92 Å². The van der Waals surface area contributed by atoms with Crippen LogP contribution < -0.4 is 5.32 Å². The molecule has 4 heteroatoms. The topological polar surface area (TPSA) is 46.2 Å². The van der Waals surface area contributed by atoms with Crippen LogP contribution in [0.3, 0.4) is 0 Å². The summed E-state index contributed by atoms with van der Waals surface area (Å²) in [6, 6.07) is 8.57. The lowest BCUT2D eigenvalue weighted by Crippen LogP contribution is -2.23. The Hall–Kier alpha value is -0.870. The van der Waals surface area contributed by atoms with Crippen LogP contribution in [0.15, 0.2) is 24.3 Å². The summed E-state index contributed by atoms with van der Waals surface area (Å²) in [6.45, 7) is 3.77. The molecule has 1 unspecified atom stereocenters. The maximum atomic E-state index is 11.3. The third-order valence-electron chi connectivity index (χ3n) is 3.52. The van der Waals surface area contributed by atoms with Gasteiger partial charge in [0.1, 0.15) is 0 Å². The molecule has 1 aromatic carbocycles. The summed E-state index contributed by atoms with van der Waals surface area (Å²) in [5.74, 6) is 1.02. The summed E-state index contributed by atoms with van der Waals surface area (Å²) < 4.78 is 22.6. The highest BCUT2D eigenvalue weighted by Gasteiger charge is 2.27. The summed E-state index contributed by atoms with van der Waals surface area (Å²) in [7, 11) is -2.74. The van der Waals surface area contributed by atoms with Gasteiger partial charge in [-0.1, -0.05) is 31.2 Å². The van der Waals surface area contributed by atoms with Gasteiger partial charge in [0.25, 0.3) is 0 Å². The Balaban J connectivity index is 1.75. The Morgan fingerprint density at radius 2 is 1.89 bits per heavy atom. The third kappa shape index (κ3) is 3.82. The number of benzene rings is 1. The standard InChI is InChI=1S/C14H21NO2S/c1-2-12-3-5-13(6-4-12)9-15-10-14-7-8-18(16,17)11-14/h3-6,14-15H,2,7-11H2,1H3. The van der Waals surface area contributed by atoms with Crippen molar-refractivity contribution in [2.75, 3.05) is 18.1 Å². The van der Waals surface area contributed by atoms with Crippen LogP contribution in [0.1, 0.15) is 24.5 Å². The van der Waals surface area contributed by atoms with Gasteiger partial charge in [-0.05, 0) is 36.4 Å². The predicted octanol–water partition coefficient (Wildman–Crippen LogP) is 1.77. The summed E-state index contributed by atoms with van der Waals surface area (Å²) in [6.07, 6.45) is 1.87. The quantitative estimate of drug-likeness (QED) is 0.884. The second-order valence-electron chi connectivity index (χ2n) is 5.07.